The molecule has 2 aromatic carbocycles. The van der Waals surface area contributed by atoms with E-state index in [2.05, 4.69) is 31.9 Å². The highest BCUT2D eigenvalue weighted by atomic mass is 16.5. The molecule has 0 saturated heterocycles. The molecule has 0 aliphatic heterocycles. The van der Waals surface area contributed by atoms with Crippen molar-refractivity contribution in [3.05, 3.63) is 60.5 Å². The van der Waals surface area contributed by atoms with Gasteiger partial charge < -0.3 is 9.09 Å². The number of carbonyl (C=O) groups excluding carboxylic acids is 1. The Kier molecular flexibility index (Phi) is 5.65. The van der Waals surface area contributed by atoms with Crippen molar-refractivity contribution in [1.82, 2.24) is 19.7 Å². The fourth-order valence-electron chi connectivity index (χ4n) is 3.27. The lowest BCUT2D eigenvalue weighted by Crippen LogP contribution is -2.16. The largest absolute Gasteiger partial charge is 0.339 e. The first kappa shape index (κ1) is 18.9. The number of nitrogens with one attached hydrogen (secondary N) is 1. The molecule has 1 N–H and O–H groups in total. The van der Waals surface area contributed by atoms with Crippen molar-refractivity contribution in [2.45, 2.75) is 39.2 Å². The first-order valence-electron chi connectivity index (χ1n) is 9.87. The molecule has 7 heteroatoms. The van der Waals surface area contributed by atoms with Crippen molar-refractivity contribution in [3.8, 4) is 11.4 Å². The minimum atomic E-state index is -0.0690. The molecule has 0 aliphatic rings. The zero-order valence-electron chi connectivity index (χ0n) is 16.3. The average Bonchev–Trinajstić information content (AvgIpc) is 3.34. The van der Waals surface area contributed by atoms with Crippen LogP contribution in [0.4, 0.5) is 5.95 Å². The van der Waals surface area contributed by atoms with Gasteiger partial charge >= 0.3 is 0 Å². The normalized spacial score (nSPS) is 11.1. The second kappa shape index (κ2) is 8.68. The molecular weight excluding hydrogens is 366 g/mol. The predicted molar refractivity (Wildman–Crippen MR) is 111 cm³/mol. The number of hydrogen-bond acceptors (Lipinski definition) is 5. The van der Waals surface area contributed by atoms with Gasteiger partial charge in [-0.05, 0) is 25.0 Å². The number of para-hydroxylation sites is 2. The zero-order valence-corrected chi connectivity index (χ0v) is 16.3. The number of fused-ring (bicyclic) bond motifs is 1. The smallest absolute Gasteiger partial charge is 0.226 e. The van der Waals surface area contributed by atoms with Crippen molar-refractivity contribution in [3.63, 3.8) is 0 Å². The Morgan fingerprint density at radius 1 is 1.07 bits per heavy atom. The summed E-state index contributed by atoms with van der Waals surface area (Å²) in [6.07, 6.45) is 2.50. The Bertz CT molecular complexity index is 1100. The molecule has 0 unspecified atom stereocenters. The van der Waals surface area contributed by atoms with Gasteiger partial charge in [0, 0.05) is 24.9 Å². The summed E-state index contributed by atoms with van der Waals surface area (Å²) in [5.41, 5.74) is 2.83. The fourth-order valence-corrected chi connectivity index (χ4v) is 3.27. The minimum Gasteiger partial charge on any atom is -0.339 e. The van der Waals surface area contributed by atoms with Gasteiger partial charge in [0.1, 0.15) is 0 Å². The number of aryl methyl sites for hydroxylation is 2. The van der Waals surface area contributed by atoms with Crippen LogP contribution in [0.1, 0.15) is 32.1 Å². The van der Waals surface area contributed by atoms with Gasteiger partial charge in [-0.1, -0.05) is 54.5 Å². The molecule has 29 heavy (non-hydrogen) atoms. The van der Waals surface area contributed by atoms with Gasteiger partial charge in [-0.2, -0.15) is 4.98 Å². The number of anilines is 1. The lowest BCUT2D eigenvalue weighted by molar-refractivity contribution is -0.116. The van der Waals surface area contributed by atoms with Crippen LogP contribution >= 0.6 is 0 Å². The molecular formula is C22H23N5O2. The number of hydrogen-bond donors (Lipinski definition) is 1. The molecule has 2 heterocycles. The predicted octanol–water partition coefficient (Wildman–Crippen LogP) is 4.46. The maximum atomic E-state index is 12.4. The van der Waals surface area contributed by atoms with Crippen LogP contribution in [0.2, 0.25) is 0 Å². The van der Waals surface area contributed by atoms with Gasteiger partial charge in [0.15, 0.2) is 0 Å². The summed E-state index contributed by atoms with van der Waals surface area (Å²) in [6, 6.07) is 17.6. The molecule has 2 aromatic heterocycles. The number of imidazole rings is 1. The summed E-state index contributed by atoms with van der Waals surface area (Å²) in [6.45, 7) is 2.91. The summed E-state index contributed by atoms with van der Waals surface area (Å²) in [4.78, 5) is 21.4. The van der Waals surface area contributed by atoms with Gasteiger partial charge in [-0.15, -0.1) is 0 Å². The third-order valence-electron chi connectivity index (χ3n) is 4.65. The van der Waals surface area contributed by atoms with E-state index in [0.29, 0.717) is 36.9 Å². The maximum absolute atomic E-state index is 12.4. The summed E-state index contributed by atoms with van der Waals surface area (Å²) in [7, 11) is 0. The van der Waals surface area contributed by atoms with Crippen LogP contribution in [0.3, 0.4) is 0 Å². The third-order valence-corrected chi connectivity index (χ3v) is 4.65. The highest BCUT2D eigenvalue weighted by Gasteiger charge is 2.13. The molecule has 0 aliphatic carbocycles. The van der Waals surface area contributed by atoms with E-state index in [1.807, 2.05) is 54.6 Å². The van der Waals surface area contributed by atoms with Crippen LogP contribution in [0.25, 0.3) is 22.4 Å². The van der Waals surface area contributed by atoms with Gasteiger partial charge in [0.25, 0.3) is 0 Å². The topological polar surface area (TPSA) is 85.8 Å². The Morgan fingerprint density at radius 3 is 2.69 bits per heavy atom. The van der Waals surface area contributed by atoms with Gasteiger partial charge in [0.2, 0.25) is 23.6 Å². The maximum Gasteiger partial charge on any atom is 0.226 e. The molecule has 1 amide bonds. The van der Waals surface area contributed by atoms with Crippen molar-refractivity contribution in [2.75, 3.05) is 5.32 Å². The van der Waals surface area contributed by atoms with E-state index >= 15 is 0 Å². The van der Waals surface area contributed by atoms with E-state index in [0.717, 1.165) is 29.6 Å². The summed E-state index contributed by atoms with van der Waals surface area (Å²) < 4.78 is 7.35. The quantitative estimate of drug-likeness (QED) is 0.481. The number of aromatic nitrogens is 4. The lowest BCUT2D eigenvalue weighted by Gasteiger charge is -2.08. The van der Waals surface area contributed by atoms with E-state index in [-0.39, 0.29) is 5.91 Å². The molecule has 0 spiro atoms. The summed E-state index contributed by atoms with van der Waals surface area (Å²) in [5.74, 6) is 1.64. The van der Waals surface area contributed by atoms with Crippen LogP contribution in [-0.4, -0.2) is 25.6 Å². The molecule has 0 radical (unpaired) electrons. The molecule has 0 atom stereocenters. The van der Waals surface area contributed by atoms with Crippen molar-refractivity contribution in [2.24, 2.45) is 0 Å². The van der Waals surface area contributed by atoms with Gasteiger partial charge in [-0.25, -0.2) is 4.98 Å². The number of carbonyl (C=O) groups is 1. The molecule has 0 bridgehead atoms. The summed E-state index contributed by atoms with van der Waals surface area (Å²) >= 11 is 0. The second-order valence-electron chi connectivity index (χ2n) is 6.86. The SMILES string of the molecule is CCCn1c(NC(=O)CCCc2nc(-c3ccccc3)no2)nc2ccccc21. The highest BCUT2D eigenvalue weighted by molar-refractivity contribution is 5.91. The Morgan fingerprint density at radius 2 is 1.86 bits per heavy atom. The monoisotopic (exact) mass is 389 g/mol. The minimum absolute atomic E-state index is 0.0690. The first-order valence-corrected chi connectivity index (χ1v) is 9.87. The third kappa shape index (κ3) is 4.34. The van der Waals surface area contributed by atoms with Gasteiger partial charge in [0.05, 0.1) is 11.0 Å². The molecule has 4 aromatic rings. The van der Waals surface area contributed by atoms with Crippen LogP contribution in [-0.2, 0) is 17.8 Å². The number of rotatable bonds is 8. The molecule has 4 rings (SSSR count). The van der Waals surface area contributed by atoms with Gasteiger partial charge in [-0.3, -0.25) is 10.1 Å². The van der Waals surface area contributed by atoms with Crippen LogP contribution in [0.5, 0.6) is 0 Å². The summed E-state index contributed by atoms with van der Waals surface area (Å²) in [5, 5.41) is 6.96. The van der Waals surface area contributed by atoms with Crippen molar-refractivity contribution in [1.29, 1.82) is 0 Å². The molecule has 0 fully saturated rings. The van der Waals surface area contributed by atoms with Crippen molar-refractivity contribution < 1.29 is 9.32 Å². The number of amides is 1. The lowest BCUT2D eigenvalue weighted by atomic mass is 10.2. The van der Waals surface area contributed by atoms with E-state index in [1.165, 1.54) is 0 Å². The van der Waals surface area contributed by atoms with Crippen LogP contribution in [0, 0.1) is 0 Å². The van der Waals surface area contributed by atoms with E-state index in [9.17, 15) is 4.79 Å². The number of benzene rings is 2. The van der Waals surface area contributed by atoms with Crippen LogP contribution in [0.15, 0.2) is 59.1 Å². The Labute approximate surface area is 168 Å². The van der Waals surface area contributed by atoms with Crippen LogP contribution < -0.4 is 5.32 Å². The Hall–Kier alpha value is -3.48. The first-order chi connectivity index (χ1) is 14.2. The van der Waals surface area contributed by atoms with E-state index < -0.39 is 0 Å². The average molecular weight is 389 g/mol. The Balaban J connectivity index is 1.35. The molecule has 7 nitrogen and oxygen atoms in total. The fraction of sp³-hybridized carbons (Fsp3) is 0.273. The molecule has 148 valence electrons. The van der Waals surface area contributed by atoms with Crippen molar-refractivity contribution >= 4 is 22.9 Å². The second-order valence-corrected chi connectivity index (χ2v) is 6.86. The standard InChI is InChI=1S/C22H23N5O2/c1-2-15-27-18-12-7-6-11-17(18)23-22(27)24-19(28)13-8-14-20-25-21(26-29-20)16-9-4-3-5-10-16/h3-7,9-12H,2,8,13-15H2,1H3,(H,23,24,28). The van der Waals surface area contributed by atoms with E-state index in [4.69, 9.17) is 4.52 Å². The molecule has 0 saturated carbocycles. The number of nitrogens with zero attached hydrogens (tertiary/aromatic N) is 4. The zero-order chi connectivity index (χ0) is 20.1. The highest BCUT2D eigenvalue weighted by Crippen LogP contribution is 2.20. The van der Waals surface area contributed by atoms with E-state index in [1.54, 1.807) is 0 Å².